The van der Waals surface area contributed by atoms with Gasteiger partial charge in [0.25, 0.3) is 0 Å². The fourth-order valence-corrected chi connectivity index (χ4v) is 2.71. The van der Waals surface area contributed by atoms with Crippen LogP contribution in [0.2, 0.25) is 0 Å². The monoisotopic (exact) mass is 332 g/mol. The second-order valence-electron chi connectivity index (χ2n) is 5.07. The van der Waals surface area contributed by atoms with Crippen molar-refractivity contribution in [3.8, 4) is 0 Å². The molecule has 1 unspecified atom stereocenters. The van der Waals surface area contributed by atoms with Gasteiger partial charge >= 0.3 is 0 Å². The van der Waals surface area contributed by atoms with Gasteiger partial charge in [-0.2, -0.15) is 0 Å². The van der Waals surface area contributed by atoms with E-state index in [4.69, 9.17) is 0 Å². The first-order valence-corrected chi connectivity index (χ1v) is 8.08. The van der Waals surface area contributed by atoms with E-state index >= 15 is 0 Å². The Morgan fingerprint density at radius 2 is 2.13 bits per heavy atom. The lowest BCUT2D eigenvalue weighted by atomic mass is 10.1. The van der Waals surface area contributed by atoms with Crippen molar-refractivity contribution in [2.45, 2.75) is 24.8 Å². The molecule has 0 saturated carbocycles. The van der Waals surface area contributed by atoms with Crippen LogP contribution in [0.5, 0.6) is 0 Å². The standard InChI is InChI=1S/C17H17FN2O2S/c1-11(14-4-3-7-19-9-14)20-17(22)10-23-16-6-5-13(12(2)21)8-15(16)18/h3-9,11H,10H2,1-2H3,(H,20,22). The first kappa shape index (κ1) is 17.1. The van der Waals surface area contributed by atoms with E-state index in [9.17, 15) is 14.0 Å². The molecule has 23 heavy (non-hydrogen) atoms. The normalized spacial score (nSPS) is 11.8. The Balaban J connectivity index is 1.91. The third-order valence-corrected chi connectivity index (χ3v) is 4.31. The molecule has 2 aromatic rings. The molecule has 1 aromatic heterocycles. The van der Waals surface area contributed by atoms with E-state index in [-0.39, 0.29) is 23.5 Å². The number of ketones is 1. The summed E-state index contributed by atoms with van der Waals surface area (Å²) in [6.07, 6.45) is 3.36. The Hall–Kier alpha value is -2.21. The summed E-state index contributed by atoms with van der Waals surface area (Å²) in [5.41, 5.74) is 1.23. The zero-order valence-electron chi connectivity index (χ0n) is 12.9. The van der Waals surface area contributed by atoms with Gasteiger partial charge < -0.3 is 5.32 Å². The maximum Gasteiger partial charge on any atom is 0.230 e. The number of aromatic nitrogens is 1. The highest BCUT2D eigenvalue weighted by atomic mass is 32.2. The summed E-state index contributed by atoms with van der Waals surface area (Å²) in [5.74, 6) is -0.776. The molecule has 2 rings (SSSR count). The fourth-order valence-electron chi connectivity index (χ4n) is 1.98. The molecule has 6 heteroatoms. The summed E-state index contributed by atoms with van der Waals surface area (Å²) in [6.45, 7) is 3.25. The fraction of sp³-hybridized carbons (Fsp3) is 0.235. The minimum absolute atomic E-state index is 0.0982. The molecule has 0 aliphatic rings. The average Bonchev–Trinajstić information content (AvgIpc) is 2.54. The summed E-state index contributed by atoms with van der Waals surface area (Å²) in [7, 11) is 0. The van der Waals surface area contributed by atoms with Crippen LogP contribution in [0.4, 0.5) is 4.39 Å². The molecule has 0 aliphatic heterocycles. The van der Waals surface area contributed by atoms with Gasteiger partial charge in [-0.25, -0.2) is 4.39 Å². The molecule has 1 heterocycles. The molecule has 0 bridgehead atoms. The number of Topliss-reactive ketones (excluding diaryl/α,β-unsaturated/α-hetero) is 1. The summed E-state index contributed by atoms with van der Waals surface area (Å²) in [4.78, 5) is 27.5. The van der Waals surface area contributed by atoms with Crippen LogP contribution >= 0.6 is 11.8 Å². The molecular formula is C17H17FN2O2S. The number of nitrogens with zero attached hydrogens (tertiary/aromatic N) is 1. The van der Waals surface area contributed by atoms with E-state index < -0.39 is 5.82 Å². The number of hydrogen-bond donors (Lipinski definition) is 1. The smallest absolute Gasteiger partial charge is 0.230 e. The lowest BCUT2D eigenvalue weighted by molar-refractivity contribution is -0.119. The number of carbonyl (C=O) groups is 2. The molecule has 1 aromatic carbocycles. The molecular weight excluding hydrogens is 315 g/mol. The minimum atomic E-state index is -0.490. The summed E-state index contributed by atoms with van der Waals surface area (Å²) in [5, 5.41) is 2.84. The van der Waals surface area contributed by atoms with Crippen molar-refractivity contribution in [3.63, 3.8) is 0 Å². The highest BCUT2D eigenvalue weighted by Gasteiger charge is 2.12. The lowest BCUT2D eigenvalue weighted by Gasteiger charge is -2.13. The first-order valence-electron chi connectivity index (χ1n) is 7.10. The minimum Gasteiger partial charge on any atom is -0.349 e. The van der Waals surface area contributed by atoms with Crippen LogP contribution in [-0.2, 0) is 4.79 Å². The Labute approximate surface area is 138 Å². The molecule has 0 aliphatic carbocycles. The van der Waals surface area contributed by atoms with Crippen molar-refractivity contribution in [1.29, 1.82) is 0 Å². The Kier molecular flexibility index (Phi) is 5.87. The largest absolute Gasteiger partial charge is 0.349 e. The number of benzene rings is 1. The van der Waals surface area contributed by atoms with Gasteiger partial charge in [0, 0.05) is 22.9 Å². The number of hydrogen-bond acceptors (Lipinski definition) is 4. The maximum absolute atomic E-state index is 13.9. The van der Waals surface area contributed by atoms with Crippen molar-refractivity contribution in [2.24, 2.45) is 0 Å². The third-order valence-electron chi connectivity index (χ3n) is 3.26. The number of amides is 1. The quantitative estimate of drug-likeness (QED) is 0.651. The molecule has 120 valence electrons. The van der Waals surface area contributed by atoms with Gasteiger partial charge in [0.1, 0.15) is 5.82 Å². The molecule has 4 nitrogen and oxygen atoms in total. The van der Waals surface area contributed by atoms with Gasteiger partial charge in [-0.15, -0.1) is 11.8 Å². The number of rotatable bonds is 6. The molecule has 1 amide bonds. The van der Waals surface area contributed by atoms with E-state index in [1.54, 1.807) is 24.5 Å². The summed E-state index contributed by atoms with van der Waals surface area (Å²) < 4.78 is 13.9. The van der Waals surface area contributed by atoms with Crippen molar-refractivity contribution < 1.29 is 14.0 Å². The highest BCUT2D eigenvalue weighted by Crippen LogP contribution is 2.23. The highest BCUT2D eigenvalue weighted by molar-refractivity contribution is 8.00. The van der Waals surface area contributed by atoms with Crippen molar-refractivity contribution >= 4 is 23.5 Å². The summed E-state index contributed by atoms with van der Waals surface area (Å²) in [6, 6.07) is 7.80. The van der Waals surface area contributed by atoms with Crippen LogP contribution in [-0.4, -0.2) is 22.4 Å². The van der Waals surface area contributed by atoms with Crippen molar-refractivity contribution in [2.75, 3.05) is 5.75 Å². The molecule has 0 fully saturated rings. The Morgan fingerprint density at radius 1 is 1.35 bits per heavy atom. The SMILES string of the molecule is CC(=O)c1ccc(SCC(=O)NC(C)c2cccnc2)c(F)c1. The van der Waals surface area contributed by atoms with E-state index in [0.717, 1.165) is 17.3 Å². The van der Waals surface area contributed by atoms with E-state index in [1.807, 2.05) is 13.0 Å². The van der Waals surface area contributed by atoms with Crippen LogP contribution in [0.1, 0.15) is 35.8 Å². The maximum atomic E-state index is 13.9. The molecule has 0 radical (unpaired) electrons. The van der Waals surface area contributed by atoms with Crippen molar-refractivity contribution in [1.82, 2.24) is 10.3 Å². The second kappa shape index (κ2) is 7.87. The third kappa shape index (κ3) is 4.89. The molecule has 1 atom stereocenters. The van der Waals surface area contributed by atoms with Gasteiger partial charge in [0.05, 0.1) is 11.8 Å². The molecule has 0 spiro atoms. The number of pyridine rings is 1. The Morgan fingerprint density at radius 3 is 2.74 bits per heavy atom. The van der Waals surface area contributed by atoms with Crippen LogP contribution < -0.4 is 5.32 Å². The molecule has 0 saturated heterocycles. The molecule has 1 N–H and O–H groups in total. The number of carbonyl (C=O) groups excluding carboxylic acids is 2. The second-order valence-corrected chi connectivity index (χ2v) is 6.08. The Bertz CT molecular complexity index is 707. The zero-order valence-corrected chi connectivity index (χ0v) is 13.7. The predicted molar refractivity (Wildman–Crippen MR) is 87.9 cm³/mol. The van der Waals surface area contributed by atoms with E-state index in [2.05, 4.69) is 10.3 Å². The number of halogens is 1. The van der Waals surface area contributed by atoms with Gasteiger partial charge in [0.15, 0.2) is 5.78 Å². The van der Waals surface area contributed by atoms with Gasteiger partial charge in [0.2, 0.25) is 5.91 Å². The lowest BCUT2D eigenvalue weighted by Crippen LogP contribution is -2.28. The summed E-state index contributed by atoms with van der Waals surface area (Å²) >= 11 is 1.10. The van der Waals surface area contributed by atoms with E-state index in [0.29, 0.717) is 10.5 Å². The van der Waals surface area contributed by atoms with Gasteiger partial charge in [-0.3, -0.25) is 14.6 Å². The van der Waals surface area contributed by atoms with E-state index in [1.165, 1.54) is 19.1 Å². The first-order chi connectivity index (χ1) is 11.0. The average molecular weight is 332 g/mol. The van der Waals surface area contributed by atoms with Crippen LogP contribution in [0.25, 0.3) is 0 Å². The predicted octanol–water partition coefficient (Wildman–Crippen LogP) is 3.39. The van der Waals surface area contributed by atoms with Crippen molar-refractivity contribution in [3.05, 3.63) is 59.7 Å². The van der Waals surface area contributed by atoms with Gasteiger partial charge in [-0.1, -0.05) is 12.1 Å². The topological polar surface area (TPSA) is 59.1 Å². The van der Waals surface area contributed by atoms with Crippen LogP contribution in [0, 0.1) is 5.82 Å². The zero-order chi connectivity index (χ0) is 16.8. The van der Waals surface area contributed by atoms with Gasteiger partial charge in [-0.05, 0) is 37.6 Å². The van der Waals surface area contributed by atoms with Crippen LogP contribution in [0.3, 0.4) is 0 Å². The number of nitrogens with one attached hydrogen (secondary N) is 1. The van der Waals surface area contributed by atoms with Crippen LogP contribution in [0.15, 0.2) is 47.6 Å². The number of thioether (sulfide) groups is 1.